The van der Waals surface area contributed by atoms with Crippen LogP contribution in [0.25, 0.3) is 5.65 Å². The lowest BCUT2D eigenvalue weighted by Gasteiger charge is -2.39. The van der Waals surface area contributed by atoms with E-state index in [-0.39, 0.29) is 29.2 Å². The van der Waals surface area contributed by atoms with Crippen molar-refractivity contribution in [3.8, 4) is 5.75 Å². The first-order chi connectivity index (χ1) is 16.9. The van der Waals surface area contributed by atoms with Crippen molar-refractivity contribution >= 4 is 22.9 Å². The van der Waals surface area contributed by atoms with E-state index in [1.165, 1.54) is 0 Å². The zero-order valence-corrected chi connectivity index (χ0v) is 19.8. The molecular formula is C23H22ClF6N5O. The van der Waals surface area contributed by atoms with Crippen LogP contribution < -0.4 is 9.64 Å². The van der Waals surface area contributed by atoms with Gasteiger partial charge in [-0.3, -0.25) is 0 Å². The van der Waals surface area contributed by atoms with Gasteiger partial charge in [0.15, 0.2) is 23.8 Å². The summed E-state index contributed by atoms with van der Waals surface area (Å²) in [6, 6.07) is 5.29. The van der Waals surface area contributed by atoms with Crippen molar-refractivity contribution in [3.63, 3.8) is 0 Å². The number of aryl methyl sites for hydroxylation is 1. The highest BCUT2D eigenvalue weighted by molar-refractivity contribution is 6.29. The molecule has 13 heteroatoms. The predicted octanol–water partition coefficient (Wildman–Crippen LogP) is 5.75. The molecule has 6 nitrogen and oxygen atoms in total. The Balaban J connectivity index is 1.40. The zero-order chi connectivity index (χ0) is 25.8. The summed E-state index contributed by atoms with van der Waals surface area (Å²) in [7, 11) is 0. The van der Waals surface area contributed by atoms with Crippen molar-refractivity contribution in [2.75, 3.05) is 24.6 Å². The molecule has 2 aliphatic rings. The summed E-state index contributed by atoms with van der Waals surface area (Å²) in [6.07, 6.45) is -7.15. The van der Waals surface area contributed by atoms with Crippen molar-refractivity contribution in [2.45, 2.75) is 38.5 Å². The number of anilines is 1. The average Bonchev–Trinajstić information content (AvgIpc) is 3.26. The van der Waals surface area contributed by atoms with Gasteiger partial charge < -0.3 is 9.64 Å². The van der Waals surface area contributed by atoms with E-state index in [0.717, 1.165) is 43.4 Å². The molecule has 1 saturated carbocycles. The molecule has 0 N–H and O–H groups in total. The van der Waals surface area contributed by atoms with E-state index < -0.39 is 30.4 Å². The van der Waals surface area contributed by atoms with Gasteiger partial charge in [0, 0.05) is 30.9 Å². The second kappa shape index (κ2) is 8.97. The Labute approximate surface area is 207 Å². The summed E-state index contributed by atoms with van der Waals surface area (Å²) in [5, 5.41) is 4.47. The molecule has 1 unspecified atom stereocenters. The van der Waals surface area contributed by atoms with Gasteiger partial charge in [-0.15, -0.1) is 0 Å². The van der Waals surface area contributed by atoms with Gasteiger partial charge in [-0.05, 0) is 61.8 Å². The topological polar surface area (TPSA) is 55.6 Å². The molecule has 36 heavy (non-hydrogen) atoms. The van der Waals surface area contributed by atoms with Crippen molar-refractivity contribution in [3.05, 3.63) is 46.6 Å². The van der Waals surface area contributed by atoms with Crippen LogP contribution in [0.1, 0.15) is 30.1 Å². The quantitative estimate of drug-likeness (QED) is 0.309. The first-order valence-electron chi connectivity index (χ1n) is 11.4. The molecule has 3 aromatic rings. The Hall–Kier alpha value is -2.76. The fraction of sp³-hybridized carbons (Fsp3) is 0.522. The number of pyridine rings is 2. The number of ether oxygens (including phenoxy) is 1. The molecule has 194 valence electrons. The average molecular weight is 534 g/mol. The van der Waals surface area contributed by atoms with Crippen LogP contribution in [0.15, 0.2) is 24.3 Å². The number of halogens is 7. The molecule has 1 aliphatic heterocycles. The molecule has 3 atom stereocenters. The highest BCUT2D eigenvalue weighted by atomic mass is 35.5. The molecule has 1 aliphatic carbocycles. The minimum Gasteiger partial charge on any atom is -0.480 e. The highest BCUT2D eigenvalue weighted by Crippen LogP contribution is 2.45. The third-order valence-electron chi connectivity index (χ3n) is 6.89. The minimum absolute atomic E-state index is 0.144. The zero-order valence-electron chi connectivity index (χ0n) is 19.1. The number of rotatable bonds is 5. The fourth-order valence-electron chi connectivity index (χ4n) is 5.44. The third kappa shape index (κ3) is 5.05. The molecule has 0 amide bonds. The SMILES string of the molecule is Cc1cc(N2C[C@H]3CC[C@@H](C2)C3Cc2nc3c(OCC(F)(F)F)ccc(C(F)(F)F)n3n2)cc(Cl)n1. The van der Waals surface area contributed by atoms with Crippen LogP contribution in [0, 0.1) is 24.7 Å². The van der Waals surface area contributed by atoms with Gasteiger partial charge in [0.1, 0.15) is 10.8 Å². The summed E-state index contributed by atoms with van der Waals surface area (Å²) in [6.45, 7) is 1.73. The van der Waals surface area contributed by atoms with Crippen molar-refractivity contribution in [1.29, 1.82) is 0 Å². The number of hydrogen-bond acceptors (Lipinski definition) is 5. The number of hydrogen-bond donors (Lipinski definition) is 0. The number of fused-ring (bicyclic) bond motifs is 3. The monoisotopic (exact) mass is 533 g/mol. The summed E-state index contributed by atoms with van der Waals surface area (Å²) in [5.41, 5.74) is 0.286. The number of aromatic nitrogens is 4. The summed E-state index contributed by atoms with van der Waals surface area (Å²) in [4.78, 5) is 10.6. The fourth-order valence-corrected chi connectivity index (χ4v) is 5.68. The lowest BCUT2D eigenvalue weighted by atomic mass is 9.82. The summed E-state index contributed by atoms with van der Waals surface area (Å²) >= 11 is 6.13. The molecule has 2 bridgehead atoms. The largest absolute Gasteiger partial charge is 0.480 e. The van der Waals surface area contributed by atoms with Crippen LogP contribution in [0.2, 0.25) is 5.15 Å². The maximum Gasteiger partial charge on any atom is 0.433 e. The molecular weight excluding hydrogens is 512 g/mol. The van der Waals surface area contributed by atoms with Crippen LogP contribution in [0.4, 0.5) is 32.0 Å². The van der Waals surface area contributed by atoms with Gasteiger partial charge in [0.2, 0.25) is 0 Å². The van der Waals surface area contributed by atoms with E-state index in [9.17, 15) is 26.3 Å². The Morgan fingerprint density at radius 2 is 1.72 bits per heavy atom. The first kappa shape index (κ1) is 24.9. The number of piperidine rings is 1. The first-order valence-corrected chi connectivity index (χ1v) is 11.8. The highest BCUT2D eigenvalue weighted by Gasteiger charge is 2.43. The second-order valence-electron chi connectivity index (χ2n) is 9.41. The Morgan fingerprint density at radius 3 is 2.33 bits per heavy atom. The standard InChI is InChI=1S/C23H22ClF6N5O/c1-12-6-15(7-19(24)31-12)34-9-13-2-3-14(10-34)16(13)8-20-32-21-17(36-11-22(25,26)27)4-5-18(23(28,29)30)35(21)33-20/h4-7,13-14,16H,2-3,8-11H2,1H3/t13-,14+,16?. The van der Waals surface area contributed by atoms with Gasteiger partial charge in [0.05, 0.1) is 0 Å². The van der Waals surface area contributed by atoms with E-state index in [1.807, 2.05) is 19.1 Å². The maximum absolute atomic E-state index is 13.6. The lowest BCUT2D eigenvalue weighted by molar-refractivity contribution is -0.153. The molecule has 5 rings (SSSR count). The molecule has 4 heterocycles. The second-order valence-corrected chi connectivity index (χ2v) is 9.80. The molecule has 1 saturated heterocycles. The van der Waals surface area contributed by atoms with E-state index in [4.69, 9.17) is 16.3 Å². The van der Waals surface area contributed by atoms with Crippen molar-refractivity contribution in [2.24, 2.45) is 17.8 Å². The van der Waals surface area contributed by atoms with Gasteiger partial charge in [0.25, 0.3) is 0 Å². The normalized spacial score (nSPS) is 22.4. The number of nitrogens with zero attached hydrogens (tertiary/aromatic N) is 5. The summed E-state index contributed by atoms with van der Waals surface area (Å²) in [5.74, 6) is 0.436. The molecule has 3 aromatic heterocycles. The minimum atomic E-state index is -4.76. The van der Waals surface area contributed by atoms with Crippen molar-refractivity contribution in [1.82, 2.24) is 19.6 Å². The summed E-state index contributed by atoms with van der Waals surface area (Å²) < 4.78 is 83.9. The van der Waals surface area contributed by atoms with Gasteiger partial charge >= 0.3 is 12.4 Å². The van der Waals surface area contributed by atoms with Crippen LogP contribution in [-0.2, 0) is 12.6 Å². The maximum atomic E-state index is 13.6. The van der Waals surface area contributed by atoms with Crippen molar-refractivity contribution < 1.29 is 31.1 Å². The van der Waals surface area contributed by atoms with E-state index >= 15 is 0 Å². The third-order valence-corrected chi connectivity index (χ3v) is 7.09. The smallest absolute Gasteiger partial charge is 0.433 e. The van der Waals surface area contributed by atoms with E-state index in [0.29, 0.717) is 22.2 Å². The van der Waals surface area contributed by atoms with E-state index in [1.54, 1.807) is 0 Å². The molecule has 2 fully saturated rings. The Kier molecular flexibility index (Phi) is 6.20. The lowest BCUT2D eigenvalue weighted by Crippen LogP contribution is -2.42. The Bertz CT molecular complexity index is 1240. The van der Waals surface area contributed by atoms with Gasteiger partial charge in [-0.1, -0.05) is 11.6 Å². The van der Waals surface area contributed by atoms with Gasteiger partial charge in [-0.25, -0.2) is 14.5 Å². The Morgan fingerprint density at radius 1 is 1.03 bits per heavy atom. The van der Waals surface area contributed by atoms with Gasteiger partial charge in [-0.2, -0.15) is 31.4 Å². The number of alkyl halides is 6. The van der Waals surface area contributed by atoms with Crippen LogP contribution in [-0.4, -0.2) is 45.5 Å². The van der Waals surface area contributed by atoms with Crippen LogP contribution >= 0.6 is 11.6 Å². The predicted molar refractivity (Wildman–Crippen MR) is 119 cm³/mol. The van der Waals surface area contributed by atoms with E-state index in [2.05, 4.69) is 20.0 Å². The van der Waals surface area contributed by atoms with Crippen LogP contribution in [0.5, 0.6) is 5.75 Å². The molecule has 0 aromatic carbocycles. The van der Waals surface area contributed by atoms with Crippen LogP contribution in [0.3, 0.4) is 0 Å². The molecule has 0 radical (unpaired) electrons. The molecule has 0 spiro atoms.